The minimum atomic E-state index is -4.61. The lowest BCUT2D eigenvalue weighted by atomic mass is 9.32. The van der Waals surface area contributed by atoms with Gasteiger partial charge in [-0.25, -0.2) is 4.79 Å². The second-order valence-corrected chi connectivity index (χ2v) is 21.9. The second kappa shape index (κ2) is 13.3. The summed E-state index contributed by atoms with van der Waals surface area (Å²) in [5.74, 6) is 1.84. The number of ketones is 1. The fourth-order valence-electron chi connectivity index (χ4n) is 16.4. The molecule has 0 heterocycles. The van der Waals surface area contributed by atoms with Crippen molar-refractivity contribution in [2.75, 3.05) is 13.1 Å². The lowest BCUT2D eigenvalue weighted by Gasteiger charge is -2.71. The Hall–Kier alpha value is -3.95. The molecule has 2 N–H and O–H groups in total. The fraction of sp³-hybridized carbons (Fsp3) is 0.577. The predicted molar refractivity (Wildman–Crippen MR) is 226 cm³/mol. The standard InChI is InChI=1S/C52H58F3NO5/c1-46-15-12-39(57)28-49(46)18-19-51(41(29-49)44(58)37-8-5-9-38(23-37)52(53,54)55)42(46)13-16-47(2)43(51)14-17-50(47,60)31-56(30-48-25-32-20-33(26-48)22-34(21-32)27-48)45(59)61-40-11-10-35-6-3-4-7-36(35)24-40/h3-11,18-19,23-24,29,32-34,39,42-43,57,60H,12-17,20-22,25-28,30-31H2,1-2H3. The predicted octanol–water partition coefficient (Wildman–Crippen LogP) is 11.3. The number of hydrogen-bond donors (Lipinski definition) is 2. The van der Waals surface area contributed by atoms with Crippen molar-refractivity contribution in [3.63, 3.8) is 0 Å². The molecular formula is C52H58F3NO5. The van der Waals surface area contributed by atoms with Crippen LogP contribution in [0.5, 0.6) is 5.75 Å². The summed E-state index contributed by atoms with van der Waals surface area (Å²) in [6.45, 7) is 5.08. The summed E-state index contributed by atoms with van der Waals surface area (Å²) in [4.78, 5) is 31.7. The molecule has 3 aromatic rings. The SMILES string of the molecule is CC12CCC(O)CC13C=CC1(C(C(=O)c4cccc(C(F)(F)F)c4)=C3)C2CCC2(C)C1CCC2(O)CN(CC12CC3CC(CC(C3)C1)C2)C(=O)Oc1ccc2ccccc2c1. The maximum absolute atomic E-state index is 15.0. The van der Waals surface area contributed by atoms with Gasteiger partial charge in [-0.2, -0.15) is 13.2 Å². The first-order valence-electron chi connectivity index (χ1n) is 23.0. The van der Waals surface area contributed by atoms with Gasteiger partial charge in [-0.15, -0.1) is 0 Å². The molecule has 1 amide bonds. The number of ether oxygens (including phenoxy) is 1. The van der Waals surface area contributed by atoms with Crippen molar-refractivity contribution in [3.05, 3.63) is 102 Å². The van der Waals surface area contributed by atoms with Crippen LogP contribution in [0.15, 0.2) is 90.5 Å². The molecule has 61 heavy (non-hydrogen) atoms. The number of hydrogen-bond acceptors (Lipinski definition) is 5. The Labute approximate surface area is 356 Å². The smallest absolute Gasteiger partial charge is 0.410 e. The summed E-state index contributed by atoms with van der Waals surface area (Å²) < 4.78 is 48.5. The van der Waals surface area contributed by atoms with E-state index in [1.54, 1.807) is 0 Å². The third kappa shape index (κ3) is 5.80. The number of allylic oxidation sites excluding steroid dienone is 4. The van der Waals surface area contributed by atoms with Gasteiger partial charge in [0.1, 0.15) is 5.75 Å². The Morgan fingerprint density at radius 2 is 1.44 bits per heavy atom. The normalized spacial score (nSPS) is 41.5. The van der Waals surface area contributed by atoms with Crippen LogP contribution in [0.25, 0.3) is 10.8 Å². The molecule has 7 fully saturated rings. The Balaban J connectivity index is 0.973. The Kier molecular flexibility index (Phi) is 8.69. The number of fused-ring (bicyclic) bond motifs is 2. The molecule has 2 spiro atoms. The third-order valence-corrected chi connectivity index (χ3v) is 18.7. The molecule has 0 aliphatic heterocycles. The number of carbonyl (C=O) groups is 2. The fourth-order valence-corrected chi connectivity index (χ4v) is 16.4. The van der Waals surface area contributed by atoms with Crippen LogP contribution >= 0.6 is 0 Å². The maximum atomic E-state index is 15.0. The Morgan fingerprint density at radius 3 is 2.16 bits per heavy atom. The second-order valence-electron chi connectivity index (χ2n) is 21.9. The highest BCUT2D eigenvalue weighted by Crippen LogP contribution is 2.78. The van der Waals surface area contributed by atoms with E-state index in [-0.39, 0.29) is 34.8 Å². The zero-order chi connectivity index (χ0) is 42.4. The number of amides is 1. The van der Waals surface area contributed by atoms with Gasteiger partial charge in [-0.3, -0.25) is 4.79 Å². The van der Waals surface area contributed by atoms with Crippen molar-refractivity contribution < 1.29 is 37.7 Å². The van der Waals surface area contributed by atoms with Crippen LogP contribution in [0.1, 0.15) is 113 Å². The number of nitrogens with zero attached hydrogens (tertiary/aromatic N) is 1. The van der Waals surface area contributed by atoms with E-state index in [1.165, 1.54) is 31.4 Å². The highest BCUT2D eigenvalue weighted by atomic mass is 19.4. The van der Waals surface area contributed by atoms with Crippen molar-refractivity contribution in [3.8, 4) is 5.75 Å². The minimum Gasteiger partial charge on any atom is -0.410 e. The van der Waals surface area contributed by atoms with Crippen LogP contribution in [-0.4, -0.2) is 51.8 Å². The molecule has 322 valence electrons. The third-order valence-electron chi connectivity index (χ3n) is 18.7. The number of rotatable bonds is 7. The first-order valence-corrected chi connectivity index (χ1v) is 23.0. The lowest BCUT2D eigenvalue weighted by molar-refractivity contribution is -0.176. The van der Waals surface area contributed by atoms with Crippen molar-refractivity contribution in [1.82, 2.24) is 4.90 Å². The van der Waals surface area contributed by atoms with Gasteiger partial charge in [0.15, 0.2) is 5.78 Å². The van der Waals surface area contributed by atoms with Gasteiger partial charge >= 0.3 is 12.3 Å². The van der Waals surface area contributed by atoms with E-state index in [9.17, 15) is 28.2 Å². The number of alkyl halides is 3. The van der Waals surface area contributed by atoms with Gasteiger partial charge in [0.25, 0.3) is 0 Å². The van der Waals surface area contributed by atoms with E-state index in [0.29, 0.717) is 74.1 Å². The van der Waals surface area contributed by atoms with E-state index in [4.69, 9.17) is 4.74 Å². The number of carbonyl (C=O) groups excluding carboxylic acids is 2. The van der Waals surface area contributed by atoms with E-state index in [0.717, 1.165) is 48.6 Å². The van der Waals surface area contributed by atoms with Gasteiger partial charge in [-0.1, -0.05) is 74.5 Å². The van der Waals surface area contributed by atoms with Crippen LogP contribution in [0, 0.1) is 56.7 Å². The Morgan fingerprint density at radius 1 is 0.770 bits per heavy atom. The Bertz CT molecular complexity index is 2350. The molecule has 10 aliphatic carbocycles. The van der Waals surface area contributed by atoms with Crippen LogP contribution in [0.4, 0.5) is 18.0 Å². The number of halogens is 3. The molecule has 8 unspecified atom stereocenters. The van der Waals surface area contributed by atoms with Crippen LogP contribution in [-0.2, 0) is 6.18 Å². The first-order chi connectivity index (χ1) is 29.0. The molecule has 0 saturated heterocycles. The number of benzene rings is 3. The molecule has 13 rings (SSSR count). The molecule has 10 aliphatic rings. The van der Waals surface area contributed by atoms with Crippen molar-refractivity contribution >= 4 is 22.6 Å². The molecule has 7 saturated carbocycles. The van der Waals surface area contributed by atoms with E-state index in [2.05, 4.69) is 26.0 Å². The van der Waals surface area contributed by atoms with Gasteiger partial charge in [0.05, 0.1) is 23.8 Å². The minimum absolute atomic E-state index is 0.00308. The monoisotopic (exact) mass is 833 g/mol. The number of aliphatic hydroxyl groups is 2. The molecule has 0 radical (unpaired) electrons. The molecule has 3 aromatic carbocycles. The lowest BCUT2D eigenvalue weighted by Crippen LogP contribution is -2.67. The maximum Gasteiger partial charge on any atom is 0.416 e. The van der Waals surface area contributed by atoms with Crippen LogP contribution in [0.3, 0.4) is 0 Å². The van der Waals surface area contributed by atoms with Gasteiger partial charge in [0, 0.05) is 33.9 Å². The van der Waals surface area contributed by atoms with Crippen LogP contribution in [0.2, 0.25) is 0 Å². The van der Waals surface area contributed by atoms with Gasteiger partial charge < -0.3 is 19.8 Å². The largest absolute Gasteiger partial charge is 0.416 e. The van der Waals surface area contributed by atoms with Gasteiger partial charge in [-0.05, 0) is 159 Å². The van der Waals surface area contributed by atoms with E-state index in [1.807, 2.05) is 53.4 Å². The molecule has 6 bridgehead atoms. The first kappa shape index (κ1) is 39.9. The average Bonchev–Trinajstić information content (AvgIpc) is 3.49. The van der Waals surface area contributed by atoms with Crippen molar-refractivity contribution in [2.45, 2.75) is 115 Å². The highest BCUT2D eigenvalue weighted by molar-refractivity contribution is 6.10. The summed E-state index contributed by atoms with van der Waals surface area (Å²) in [6.07, 6.45) is 12.2. The zero-order valence-electron chi connectivity index (χ0n) is 35.4. The van der Waals surface area contributed by atoms with Crippen molar-refractivity contribution in [2.24, 2.45) is 56.7 Å². The molecule has 0 aromatic heterocycles. The average molecular weight is 834 g/mol. The summed E-state index contributed by atoms with van der Waals surface area (Å²) in [5, 5.41) is 26.6. The van der Waals surface area contributed by atoms with Crippen LogP contribution < -0.4 is 4.74 Å². The van der Waals surface area contributed by atoms with Crippen molar-refractivity contribution in [1.29, 1.82) is 0 Å². The van der Waals surface area contributed by atoms with E-state index >= 15 is 4.79 Å². The topological polar surface area (TPSA) is 87.1 Å². The van der Waals surface area contributed by atoms with Gasteiger partial charge in [0.2, 0.25) is 0 Å². The van der Waals surface area contributed by atoms with E-state index < -0.39 is 51.6 Å². The molecular weight excluding hydrogens is 776 g/mol. The summed E-state index contributed by atoms with van der Waals surface area (Å²) in [5.41, 5.74) is -4.20. The number of aliphatic hydroxyl groups excluding tert-OH is 1. The molecule has 6 nitrogen and oxygen atoms in total. The molecule has 9 heteroatoms. The molecule has 8 atom stereocenters. The summed E-state index contributed by atoms with van der Waals surface area (Å²) >= 11 is 0. The zero-order valence-corrected chi connectivity index (χ0v) is 35.4. The highest BCUT2D eigenvalue weighted by Gasteiger charge is 2.75. The summed E-state index contributed by atoms with van der Waals surface area (Å²) in [7, 11) is 0. The summed E-state index contributed by atoms with van der Waals surface area (Å²) in [6, 6.07) is 18.5. The quantitative estimate of drug-likeness (QED) is 0.183. The number of Topliss-reactive ketones (excluding diaryl/α,β-unsaturated/α-hetero) is 1.